The molecule has 1 aliphatic rings. The van der Waals surface area contributed by atoms with Gasteiger partial charge >= 0.3 is 0 Å². The van der Waals surface area contributed by atoms with E-state index >= 15 is 0 Å². The zero-order chi connectivity index (χ0) is 14.9. The average molecular weight is 286 g/mol. The second-order valence-electron chi connectivity index (χ2n) is 5.64. The van der Waals surface area contributed by atoms with Crippen molar-refractivity contribution in [3.63, 3.8) is 0 Å². The van der Waals surface area contributed by atoms with Crippen LogP contribution in [0, 0.1) is 0 Å². The number of fused-ring (bicyclic) bond motifs is 1. The summed E-state index contributed by atoms with van der Waals surface area (Å²) in [4.78, 5) is 4.61. The monoisotopic (exact) mass is 286 g/mol. The Morgan fingerprint density at radius 1 is 0.864 bits per heavy atom. The summed E-state index contributed by atoms with van der Waals surface area (Å²) in [5.74, 6) is 0. The molecule has 0 unspecified atom stereocenters. The molecule has 22 heavy (non-hydrogen) atoms. The molecule has 0 N–H and O–H groups in total. The Hall–Kier alpha value is -2.61. The Morgan fingerprint density at radius 2 is 1.50 bits per heavy atom. The van der Waals surface area contributed by atoms with E-state index < -0.39 is 0 Å². The maximum atomic E-state index is 4.61. The van der Waals surface area contributed by atoms with Crippen LogP contribution in [0.1, 0.15) is 12.6 Å². The first-order valence-electron chi connectivity index (χ1n) is 7.70. The molecule has 2 aromatic carbocycles. The van der Waals surface area contributed by atoms with E-state index in [2.05, 4.69) is 83.2 Å². The molecule has 4 rings (SSSR count). The van der Waals surface area contributed by atoms with Gasteiger partial charge in [-0.05, 0) is 24.1 Å². The van der Waals surface area contributed by atoms with E-state index in [1.807, 2.05) is 0 Å². The molecule has 2 heteroatoms. The standard InChI is InChI=1S/C20H18N2/c1-15-19-14-18(16-8-4-2-5-9-16)20(22(19)13-12-21-15)17-10-6-3-7-11-17/h2-11,14H,12-13H2,1H3. The summed E-state index contributed by atoms with van der Waals surface area (Å²) in [5, 5.41) is 0. The quantitative estimate of drug-likeness (QED) is 0.653. The fraction of sp³-hybridized carbons (Fsp3) is 0.150. The number of aliphatic imine (C=N–C) groups is 1. The predicted molar refractivity (Wildman–Crippen MR) is 92.4 cm³/mol. The maximum absolute atomic E-state index is 4.61. The summed E-state index contributed by atoms with van der Waals surface area (Å²) in [6.45, 7) is 3.92. The molecule has 0 aliphatic carbocycles. The van der Waals surface area contributed by atoms with E-state index in [9.17, 15) is 0 Å². The van der Waals surface area contributed by atoms with Gasteiger partial charge in [-0.25, -0.2) is 0 Å². The summed E-state index contributed by atoms with van der Waals surface area (Å²) in [5.41, 5.74) is 7.49. The third kappa shape index (κ3) is 2.08. The first kappa shape index (κ1) is 13.1. The zero-order valence-corrected chi connectivity index (χ0v) is 12.7. The molecular weight excluding hydrogens is 268 g/mol. The molecule has 0 saturated carbocycles. The number of hydrogen-bond acceptors (Lipinski definition) is 1. The van der Waals surface area contributed by atoms with Crippen LogP contribution in [0.3, 0.4) is 0 Å². The zero-order valence-electron chi connectivity index (χ0n) is 12.7. The smallest absolute Gasteiger partial charge is 0.0629 e. The molecule has 2 nitrogen and oxygen atoms in total. The van der Waals surface area contributed by atoms with Gasteiger partial charge in [-0.15, -0.1) is 0 Å². The SMILES string of the molecule is CC1=NCCn2c1cc(-c1ccccc1)c2-c1ccccc1. The Balaban J connectivity index is 2.01. The summed E-state index contributed by atoms with van der Waals surface area (Å²) in [7, 11) is 0. The lowest BCUT2D eigenvalue weighted by Crippen LogP contribution is -2.16. The van der Waals surface area contributed by atoms with Crippen molar-refractivity contribution in [1.82, 2.24) is 4.57 Å². The molecule has 0 saturated heterocycles. The van der Waals surface area contributed by atoms with E-state index in [1.165, 1.54) is 28.1 Å². The van der Waals surface area contributed by atoms with E-state index in [0.717, 1.165) is 18.8 Å². The molecule has 0 bridgehead atoms. The van der Waals surface area contributed by atoms with Gasteiger partial charge in [0, 0.05) is 12.1 Å². The number of nitrogens with zero attached hydrogens (tertiary/aromatic N) is 2. The van der Waals surface area contributed by atoms with E-state index in [-0.39, 0.29) is 0 Å². The van der Waals surface area contributed by atoms with Crippen molar-refractivity contribution >= 4 is 5.71 Å². The Morgan fingerprint density at radius 3 is 2.18 bits per heavy atom. The minimum absolute atomic E-state index is 0.863. The van der Waals surface area contributed by atoms with Gasteiger partial charge in [0.2, 0.25) is 0 Å². The molecule has 0 fully saturated rings. The summed E-state index contributed by atoms with van der Waals surface area (Å²) in [6, 6.07) is 23.6. The van der Waals surface area contributed by atoms with Crippen LogP contribution in [0.15, 0.2) is 71.7 Å². The van der Waals surface area contributed by atoms with Crippen molar-refractivity contribution in [3.05, 3.63) is 72.4 Å². The van der Waals surface area contributed by atoms with Gasteiger partial charge < -0.3 is 4.57 Å². The van der Waals surface area contributed by atoms with Crippen LogP contribution in [0.4, 0.5) is 0 Å². The van der Waals surface area contributed by atoms with Gasteiger partial charge in [-0.2, -0.15) is 0 Å². The van der Waals surface area contributed by atoms with Crippen molar-refractivity contribution < 1.29 is 0 Å². The number of rotatable bonds is 2. The molecule has 0 spiro atoms. The van der Waals surface area contributed by atoms with Crippen LogP contribution in [0.25, 0.3) is 22.4 Å². The van der Waals surface area contributed by atoms with Gasteiger partial charge in [-0.1, -0.05) is 60.7 Å². The highest BCUT2D eigenvalue weighted by atomic mass is 15.1. The van der Waals surface area contributed by atoms with Crippen LogP contribution in [-0.4, -0.2) is 16.8 Å². The van der Waals surface area contributed by atoms with Gasteiger partial charge in [0.05, 0.1) is 23.6 Å². The highest BCUT2D eigenvalue weighted by Gasteiger charge is 2.20. The van der Waals surface area contributed by atoms with E-state index in [1.54, 1.807) is 0 Å². The predicted octanol–water partition coefficient (Wildman–Crippen LogP) is 4.64. The lowest BCUT2D eigenvalue weighted by Gasteiger charge is -2.17. The highest BCUT2D eigenvalue weighted by molar-refractivity contribution is 6.01. The number of benzene rings is 2. The average Bonchev–Trinajstić information content (AvgIpc) is 2.97. The first-order valence-corrected chi connectivity index (χ1v) is 7.70. The Labute approximate surface area is 130 Å². The summed E-state index contributed by atoms with van der Waals surface area (Å²) in [6.07, 6.45) is 0. The minimum atomic E-state index is 0.863. The minimum Gasteiger partial charge on any atom is -0.337 e. The summed E-state index contributed by atoms with van der Waals surface area (Å²) >= 11 is 0. The lowest BCUT2D eigenvalue weighted by molar-refractivity contribution is 0.695. The molecule has 0 radical (unpaired) electrons. The van der Waals surface area contributed by atoms with E-state index in [0.29, 0.717) is 0 Å². The van der Waals surface area contributed by atoms with Crippen LogP contribution < -0.4 is 0 Å². The van der Waals surface area contributed by atoms with Crippen LogP contribution in [-0.2, 0) is 6.54 Å². The molecule has 1 aliphatic heterocycles. The molecule has 1 aromatic heterocycles. The van der Waals surface area contributed by atoms with Crippen molar-refractivity contribution in [1.29, 1.82) is 0 Å². The topological polar surface area (TPSA) is 17.3 Å². The van der Waals surface area contributed by atoms with Crippen molar-refractivity contribution in [2.75, 3.05) is 6.54 Å². The maximum Gasteiger partial charge on any atom is 0.0629 e. The van der Waals surface area contributed by atoms with Crippen LogP contribution in [0.2, 0.25) is 0 Å². The third-order valence-electron chi connectivity index (χ3n) is 4.27. The fourth-order valence-electron chi connectivity index (χ4n) is 3.22. The lowest BCUT2D eigenvalue weighted by atomic mass is 10.0. The van der Waals surface area contributed by atoms with Crippen LogP contribution >= 0.6 is 0 Å². The third-order valence-corrected chi connectivity index (χ3v) is 4.27. The molecule has 0 atom stereocenters. The largest absolute Gasteiger partial charge is 0.337 e. The normalized spacial score (nSPS) is 13.6. The molecule has 3 aromatic rings. The highest BCUT2D eigenvalue weighted by Crippen LogP contribution is 2.36. The van der Waals surface area contributed by atoms with Crippen molar-refractivity contribution in [2.24, 2.45) is 4.99 Å². The van der Waals surface area contributed by atoms with Crippen molar-refractivity contribution in [3.8, 4) is 22.4 Å². The van der Waals surface area contributed by atoms with Gasteiger partial charge in [0.1, 0.15) is 0 Å². The number of aromatic nitrogens is 1. The Kier molecular flexibility index (Phi) is 3.15. The number of hydrogen-bond donors (Lipinski definition) is 0. The van der Waals surface area contributed by atoms with Crippen molar-refractivity contribution in [2.45, 2.75) is 13.5 Å². The molecule has 0 amide bonds. The fourth-order valence-corrected chi connectivity index (χ4v) is 3.22. The van der Waals surface area contributed by atoms with Gasteiger partial charge in [0.15, 0.2) is 0 Å². The van der Waals surface area contributed by atoms with E-state index in [4.69, 9.17) is 0 Å². The first-order chi connectivity index (χ1) is 10.8. The van der Waals surface area contributed by atoms with Gasteiger partial charge in [-0.3, -0.25) is 4.99 Å². The summed E-state index contributed by atoms with van der Waals surface area (Å²) < 4.78 is 2.42. The molecule has 108 valence electrons. The second kappa shape index (κ2) is 5.30. The molecular formula is C20H18N2. The van der Waals surface area contributed by atoms with Gasteiger partial charge in [0.25, 0.3) is 0 Å². The molecule has 2 heterocycles. The second-order valence-corrected chi connectivity index (χ2v) is 5.64. The van der Waals surface area contributed by atoms with Crippen LogP contribution in [0.5, 0.6) is 0 Å². The Bertz CT molecular complexity index is 827.